The minimum Gasteiger partial charge on any atom is -0.507 e. The topological polar surface area (TPSA) is 279 Å². The Labute approximate surface area is 291 Å². The molecule has 52 heavy (non-hydrogen) atoms. The summed E-state index contributed by atoms with van der Waals surface area (Å²) < 4.78 is 28.3. The van der Waals surface area contributed by atoms with Crippen LogP contribution in [0.4, 0.5) is 0 Å². The van der Waals surface area contributed by atoms with E-state index in [0.29, 0.717) is 17.7 Å². The van der Waals surface area contributed by atoms with Crippen LogP contribution in [0.15, 0.2) is 54.6 Å². The molecule has 0 spiro atoms. The van der Waals surface area contributed by atoms with E-state index in [4.69, 9.17) is 23.7 Å². The molecular formula is C35H28O17. The lowest BCUT2D eigenvalue weighted by Crippen LogP contribution is -2.61. The second-order valence-corrected chi connectivity index (χ2v) is 12.1. The van der Waals surface area contributed by atoms with Crippen molar-refractivity contribution >= 4 is 17.7 Å². The maximum Gasteiger partial charge on any atom is 0.339 e. The molecule has 0 saturated carbocycles. The second kappa shape index (κ2) is 12.7. The van der Waals surface area contributed by atoms with Crippen molar-refractivity contribution in [3.8, 4) is 62.9 Å². The van der Waals surface area contributed by atoms with Crippen LogP contribution >= 0.6 is 0 Å². The van der Waals surface area contributed by atoms with Crippen LogP contribution in [0.25, 0.3) is 11.1 Å². The van der Waals surface area contributed by atoms with Crippen molar-refractivity contribution < 1.29 is 84.0 Å². The second-order valence-electron chi connectivity index (χ2n) is 12.1. The molecule has 0 aromatic heterocycles. The molecule has 9 N–H and O–H groups in total. The molecule has 4 aromatic rings. The summed E-state index contributed by atoms with van der Waals surface area (Å²) in [6.45, 7) is -0.854. The number of aliphatic hydroxyl groups is 2. The van der Waals surface area contributed by atoms with Gasteiger partial charge in [-0.2, -0.15) is 0 Å². The number of cyclic esters (lactones) is 1. The summed E-state index contributed by atoms with van der Waals surface area (Å²) in [6.07, 6.45) is -10.1. The van der Waals surface area contributed by atoms with Crippen molar-refractivity contribution in [1.82, 2.24) is 0 Å². The number of hydrogen-bond donors (Lipinski definition) is 9. The molecule has 0 aliphatic carbocycles. The third-order valence-electron chi connectivity index (χ3n) is 8.86. The number of carbonyl (C=O) groups excluding carboxylic acids is 3. The summed E-state index contributed by atoms with van der Waals surface area (Å²) in [5.41, 5.74) is -2.67. The number of ketones is 1. The Morgan fingerprint density at radius 3 is 1.90 bits per heavy atom. The number of rotatable bonds is 3. The van der Waals surface area contributed by atoms with Gasteiger partial charge in [0.2, 0.25) is 17.8 Å². The highest BCUT2D eigenvalue weighted by molar-refractivity contribution is 6.08. The predicted molar refractivity (Wildman–Crippen MR) is 170 cm³/mol. The summed E-state index contributed by atoms with van der Waals surface area (Å²) in [5.74, 6) is -11.0. The Morgan fingerprint density at radius 1 is 0.654 bits per heavy atom. The maximum atomic E-state index is 13.6. The molecule has 0 amide bonds. The maximum absolute atomic E-state index is 13.6. The Bertz CT molecular complexity index is 2130. The average molecular weight is 721 g/mol. The van der Waals surface area contributed by atoms with Gasteiger partial charge in [-0.25, -0.2) is 9.59 Å². The first kappa shape index (κ1) is 34.0. The number of phenolic OH excluding ortho intramolecular Hbond substituents is 7. The molecular weight excluding hydrogens is 692 g/mol. The van der Waals surface area contributed by atoms with Gasteiger partial charge < -0.3 is 69.6 Å². The van der Waals surface area contributed by atoms with Crippen molar-refractivity contribution in [2.45, 2.75) is 43.2 Å². The molecule has 0 radical (unpaired) electrons. The molecule has 0 bridgehead atoms. The summed E-state index contributed by atoms with van der Waals surface area (Å²) in [4.78, 5) is 40.0. The van der Waals surface area contributed by atoms with Crippen LogP contribution < -0.4 is 9.47 Å². The smallest absolute Gasteiger partial charge is 0.339 e. The SMILES string of the molecule is O=C1OC[C@@H]2O[C@@H](Oc3cc(O)c4c(c3)O[C@H](c3ccccc3)CC4=O)[C@H](O)[C@@H](O)[C@H]2OC(=O)c2cc(O)c(O)c(O)c2-c2c1cc(O)c(O)c2O. The number of aliphatic hydroxyl groups excluding tert-OH is 2. The fourth-order valence-electron chi connectivity index (χ4n) is 6.29. The third kappa shape index (κ3) is 5.62. The quantitative estimate of drug-likeness (QED) is 0.108. The molecule has 3 heterocycles. The number of Topliss-reactive ketones (excluding diaryl/α,β-unsaturated/α-hetero) is 1. The lowest BCUT2D eigenvalue weighted by atomic mass is 9.92. The molecule has 17 nitrogen and oxygen atoms in total. The van der Waals surface area contributed by atoms with Crippen molar-refractivity contribution in [2.24, 2.45) is 0 Å². The summed E-state index contributed by atoms with van der Waals surface area (Å²) in [5, 5.41) is 95.5. The Morgan fingerprint density at radius 2 is 1.27 bits per heavy atom. The molecule has 6 atom stereocenters. The van der Waals surface area contributed by atoms with E-state index in [1.54, 1.807) is 30.3 Å². The van der Waals surface area contributed by atoms with E-state index < -0.39 is 124 Å². The van der Waals surface area contributed by atoms with E-state index >= 15 is 0 Å². The first-order chi connectivity index (χ1) is 24.7. The number of esters is 2. The zero-order chi connectivity index (χ0) is 37.2. The molecule has 0 unspecified atom stereocenters. The van der Waals surface area contributed by atoms with Gasteiger partial charge in [0.25, 0.3) is 0 Å². The molecule has 1 fully saturated rings. The number of benzene rings is 4. The first-order valence-electron chi connectivity index (χ1n) is 15.5. The largest absolute Gasteiger partial charge is 0.507 e. The number of hydrogen-bond acceptors (Lipinski definition) is 17. The fourth-order valence-corrected chi connectivity index (χ4v) is 6.29. The molecule has 3 aliphatic rings. The molecule has 7 rings (SSSR count). The molecule has 4 aromatic carbocycles. The van der Waals surface area contributed by atoms with Crippen molar-refractivity contribution in [1.29, 1.82) is 0 Å². The van der Waals surface area contributed by atoms with Crippen LogP contribution in [0.2, 0.25) is 0 Å². The molecule has 270 valence electrons. The lowest BCUT2D eigenvalue weighted by Gasteiger charge is -2.41. The lowest BCUT2D eigenvalue weighted by molar-refractivity contribution is -0.276. The average Bonchev–Trinajstić information content (AvgIpc) is 3.13. The van der Waals surface area contributed by atoms with Gasteiger partial charge in [-0.3, -0.25) is 4.79 Å². The summed E-state index contributed by atoms with van der Waals surface area (Å²) in [6, 6.07) is 12.4. The highest BCUT2D eigenvalue weighted by atomic mass is 16.7. The zero-order valence-electron chi connectivity index (χ0n) is 26.4. The molecule has 17 heteroatoms. The van der Waals surface area contributed by atoms with Crippen molar-refractivity contribution in [3.05, 3.63) is 76.9 Å². The van der Waals surface area contributed by atoms with Gasteiger partial charge in [-0.1, -0.05) is 30.3 Å². The van der Waals surface area contributed by atoms with Crippen LogP contribution in [0.1, 0.15) is 49.2 Å². The summed E-state index contributed by atoms with van der Waals surface area (Å²) >= 11 is 0. The van der Waals surface area contributed by atoms with Crippen LogP contribution in [0, 0.1) is 0 Å². The Kier molecular flexibility index (Phi) is 8.32. The molecule has 3 aliphatic heterocycles. The van der Waals surface area contributed by atoms with E-state index in [-0.39, 0.29) is 23.5 Å². The standard InChI is InChI=1S/C35H28O17/c36-16-6-13(7-21-25(16)17(37)10-20(50-21)12-4-2-1-3-5-12)49-35-31(45)30(44)32-22(51-35)11-48-33(46)14-8-18(38)26(40)28(42)23(14)24-15(34(47)52-32)9-19(39)27(41)29(24)43/h1-9,20,22,30-32,35-36,38-45H,10-11H2/t20-,22-,30+,31+,32-,35+/m0/s1. The summed E-state index contributed by atoms with van der Waals surface area (Å²) in [7, 11) is 0. The highest BCUT2D eigenvalue weighted by Gasteiger charge is 2.49. The fraction of sp³-hybridized carbons (Fsp3) is 0.229. The number of phenols is 7. The van der Waals surface area contributed by atoms with Gasteiger partial charge in [0.1, 0.15) is 53.8 Å². The Hall–Kier alpha value is -6.43. The van der Waals surface area contributed by atoms with Gasteiger partial charge >= 0.3 is 11.9 Å². The van der Waals surface area contributed by atoms with E-state index in [9.17, 15) is 60.3 Å². The van der Waals surface area contributed by atoms with Gasteiger partial charge in [-0.05, 0) is 17.7 Å². The zero-order valence-corrected chi connectivity index (χ0v) is 26.4. The van der Waals surface area contributed by atoms with Gasteiger partial charge in [0.05, 0.1) is 17.5 Å². The number of ether oxygens (including phenoxy) is 5. The minimum atomic E-state index is -2.05. The first-order valence-corrected chi connectivity index (χ1v) is 15.5. The monoisotopic (exact) mass is 720 g/mol. The van der Waals surface area contributed by atoms with E-state index in [1.165, 1.54) is 6.07 Å². The number of aromatic hydroxyl groups is 7. The van der Waals surface area contributed by atoms with Crippen LogP contribution in [-0.2, 0) is 14.2 Å². The van der Waals surface area contributed by atoms with E-state index in [2.05, 4.69) is 0 Å². The van der Waals surface area contributed by atoms with E-state index in [0.717, 1.165) is 6.07 Å². The van der Waals surface area contributed by atoms with Gasteiger partial charge in [0.15, 0.2) is 34.9 Å². The van der Waals surface area contributed by atoms with E-state index in [1.807, 2.05) is 0 Å². The van der Waals surface area contributed by atoms with Gasteiger partial charge in [-0.15, -0.1) is 0 Å². The minimum absolute atomic E-state index is 0.0472. The normalized spacial score (nSPS) is 24.1. The Balaban J connectivity index is 1.23. The van der Waals surface area contributed by atoms with Gasteiger partial charge in [0, 0.05) is 23.3 Å². The van der Waals surface area contributed by atoms with Crippen LogP contribution in [-0.4, -0.2) is 101 Å². The predicted octanol–water partition coefficient (Wildman–Crippen LogP) is 2.22. The third-order valence-corrected chi connectivity index (χ3v) is 8.86. The molecule has 1 saturated heterocycles. The number of fused-ring (bicyclic) bond motifs is 5. The van der Waals surface area contributed by atoms with Crippen LogP contribution in [0.5, 0.6) is 51.7 Å². The number of carbonyl (C=O) groups is 3. The van der Waals surface area contributed by atoms with Crippen LogP contribution in [0.3, 0.4) is 0 Å². The van der Waals surface area contributed by atoms with Crippen molar-refractivity contribution in [3.63, 3.8) is 0 Å². The van der Waals surface area contributed by atoms with Crippen molar-refractivity contribution in [2.75, 3.05) is 6.61 Å². The highest BCUT2D eigenvalue weighted by Crippen LogP contribution is 2.53.